The molecule has 1 unspecified atom stereocenters. The van der Waals surface area contributed by atoms with Gasteiger partial charge in [0.05, 0.1) is 17.5 Å². The standard InChI is InChI=1S/C28H31N5OS/c34-27(24-19-35-28(31-24)22-8-5-11-29-17-22)30-12-13-32-14-15-33-25-10-4-2-7-21(25)16-20-6-1-3-9-23(20)26(33)18-32/h1-11,17,24,26,28,31H,12-16,18-19H2,(H,30,34)/t24-,26-,28?/m0/s1. The number of hydrogen-bond acceptors (Lipinski definition) is 6. The van der Waals surface area contributed by atoms with E-state index in [1.165, 1.54) is 22.4 Å². The van der Waals surface area contributed by atoms with Crippen molar-refractivity contribution in [3.05, 3.63) is 95.3 Å². The molecule has 180 valence electrons. The maximum Gasteiger partial charge on any atom is 0.238 e. The minimum atomic E-state index is -0.160. The molecule has 3 atom stereocenters. The van der Waals surface area contributed by atoms with E-state index < -0.39 is 0 Å². The highest BCUT2D eigenvalue weighted by Crippen LogP contribution is 2.39. The third kappa shape index (κ3) is 4.68. The summed E-state index contributed by atoms with van der Waals surface area (Å²) in [5, 5.41) is 6.76. The molecule has 1 amide bonds. The molecule has 6 rings (SSSR count). The van der Waals surface area contributed by atoms with Gasteiger partial charge < -0.3 is 10.2 Å². The summed E-state index contributed by atoms with van der Waals surface area (Å²) in [5.41, 5.74) is 6.77. The van der Waals surface area contributed by atoms with Crippen LogP contribution in [-0.4, -0.2) is 60.3 Å². The van der Waals surface area contributed by atoms with Crippen molar-refractivity contribution in [2.45, 2.75) is 23.9 Å². The van der Waals surface area contributed by atoms with Crippen molar-refractivity contribution in [1.82, 2.24) is 20.5 Å². The fourth-order valence-corrected chi connectivity index (χ4v) is 6.79. The summed E-state index contributed by atoms with van der Waals surface area (Å²) in [6, 6.07) is 21.9. The summed E-state index contributed by atoms with van der Waals surface area (Å²) < 4.78 is 0. The van der Waals surface area contributed by atoms with Gasteiger partial charge in [-0.25, -0.2) is 0 Å². The molecule has 1 aromatic heterocycles. The van der Waals surface area contributed by atoms with Crippen LogP contribution in [0.15, 0.2) is 73.1 Å². The predicted molar refractivity (Wildman–Crippen MR) is 142 cm³/mol. The fourth-order valence-electron chi connectivity index (χ4n) is 5.57. The molecule has 3 aliphatic rings. The Morgan fingerprint density at radius 1 is 1.06 bits per heavy atom. The quantitative estimate of drug-likeness (QED) is 0.578. The molecule has 3 aliphatic heterocycles. The number of carbonyl (C=O) groups is 1. The number of benzene rings is 2. The Kier molecular flexibility index (Phi) is 6.46. The smallest absolute Gasteiger partial charge is 0.238 e. The molecule has 7 heteroatoms. The zero-order valence-electron chi connectivity index (χ0n) is 19.8. The Hall–Kier alpha value is -2.87. The Bertz CT molecular complexity index is 1190. The van der Waals surface area contributed by atoms with Crippen LogP contribution < -0.4 is 15.5 Å². The molecule has 0 saturated carbocycles. The maximum absolute atomic E-state index is 12.8. The van der Waals surface area contributed by atoms with E-state index in [9.17, 15) is 4.79 Å². The lowest BCUT2D eigenvalue weighted by Gasteiger charge is -2.43. The van der Waals surface area contributed by atoms with Crippen LogP contribution >= 0.6 is 11.8 Å². The number of nitrogens with zero attached hydrogens (tertiary/aromatic N) is 3. The number of aromatic nitrogens is 1. The Labute approximate surface area is 211 Å². The Balaban J connectivity index is 1.07. The van der Waals surface area contributed by atoms with Crippen LogP contribution in [0, 0.1) is 0 Å². The summed E-state index contributed by atoms with van der Waals surface area (Å²) in [4.78, 5) is 22.1. The first-order valence-electron chi connectivity index (χ1n) is 12.5. The SMILES string of the molecule is O=C(NCCN1CCN2c3ccccc3Cc3ccccc3[C@@H]2C1)[C@@H]1CSC(c2cccnc2)N1. The van der Waals surface area contributed by atoms with Crippen molar-refractivity contribution in [3.8, 4) is 0 Å². The third-order valence-electron chi connectivity index (χ3n) is 7.37. The number of hydrogen-bond donors (Lipinski definition) is 2. The van der Waals surface area contributed by atoms with E-state index in [4.69, 9.17) is 0 Å². The fraction of sp³-hybridized carbons (Fsp3) is 0.357. The van der Waals surface area contributed by atoms with Crippen molar-refractivity contribution in [2.75, 3.05) is 43.4 Å². The lowest BCUT2D eigenvalue weighted by atomic mass is 9.96. The maximum atomic E-state index is 12.8. The summed E-state index contributed by atoms with van der Waals surface area (Å²) in [6.45, 7) is 4.51. The van der Waals surface area contributed by atoms with Gasteiger partial charge in [-0.3, -0.25) is 20.0 Å². The van der Waals surface area contributed by atoms with Gasteiger partial charge in [0.2, 0.25) is 5.91 Å². The second-order valence-electron chi connectivity index (χ2n) is 9.52. The largest absolute Gasteiger partial charge is 0.362 e. The molecule has 3 aromatic rings. The third-order valence-corrected chi connectivity index (χ3v) is 8.64. The van der Waals surface area contributed by atoms with Crippen molar-refractivity contribution in [2.24, 2.45) is 0 Å². The van der Waals surface area contributed by atoms with E-state index in [2.05, 4.69) is 80.0 Å². The van der Waals surface area contributed by atoms with Gasteiger partial charge in [-0.05, 0) is 40.8 Å². The molecular weight excluding hydrogens is 454 g/mol. The number of piperazine rings is 1. The van der Waals surface area contributed by atoms with Crippen molar-refractivity contribution in [1.29, 1.82) is 0 Å². The first-order chi connectivity index (χ1) is 17.3. The van der Waals surface area contributed by atoms with Gasteiger partial charge >= 0.3 is 0 Å². The van der Waals surface area contributed by atoms with Crippen LogP contribution in [0.4, 0.5) is 5.69 Å². The average Bonchev–Trinajstić information content (AvgIpc) is 3.36. The zero-order chi connectivity index (χ0) is 23.6. The molecule has 0 bridgehead atoms. The number of fused-ring (bicyclic) bond motifs is 5. The normalized spacial score (nSPS) is 23.7. The molecule has 2 saturated heterocycles. The summed E-state index contributed by atoms with van der Waals surface area (Å²) in [7, 11) is 0. The van der Waals surface area contributed by atoms with Gasteiger partial charge in [0.15, 0.2) is 0 Å². The highest BCUT2D eigenvalue weighted by molar-refractivity contribution is 7.99. The number of nitrogens with one attached hydrogen (secondary N) is 2. The van der Waals surface area contributed by atoms with E-state index in [1.54, 1.807) is 18.0 Å². The number of thioether (sulfide) groups is 1. The predicted octanol–water partition coefficient (Wildman–Crippen LogP) is 3.37. The van der Waals surface area contributed by atoms with Crippen LogP contribution in [0.5, 0.6) is 0 Å². The summed E-state index contributed by atoms with van der Waals surface area (Å²) in [6.07, 6.45) is 4.63. The van der Waals surface area contributed by atoms with Gasteiger partial charge in [0, 0.05) is 56.6 Å². The number of amides is 1. The molecule has 2 fully saturated rings. The second kappa shape index (κ2) is 10.0. The number of para-hydroxylation sites is 1. The Morgan fingerprint density at radius 3 is 2.80 bits per heavy atom. The van der Waals surface area contributed by atoms with E-state index in [1.807, 2.05) is 12.3 Å². The molecule has 0 radical (unpaired) electrons. The van der Waals surface area contributed by atoms with Gasteiger partial charge in [-0.15, -0.1) is 11.8 Å². The second-order valence-corrected chi connectivity index (χ2v) is 10.7. The first kappa shape index (κ1) is 22.6. The van der Waals surface area contributed by atoms with Crippen LogP contribution in [0.3, 0.4) is 0 Å². The zero-order valence-corrected chi connectivity index (χ0v) is 20.6. The van der Waals surface area contributed by atoms with Crippen molar-refractivity contribution in [3.63, 3.8) is 0 Å². The minimum Gasteiger partial charge on any atom is -0.362 e. The van der Waals surface area contributed by atoms with Crippen LogP contribution in [-0.2, 0) is 11.2 Å². The summed E-state index contributed by atoms with van der Waals surface area (Å²) >= 11 is 1.77. The number of carbonyl (C=O) groups excluding carboxylic acids is 1. The molecule has 2 N–H and O–H groups in total. The van der Waals surface area contributed by atoms with E-state index in [0.29, 0.717) is 12.6 Å². The van der Waals surface area contributed by atoms with Gasteiger partial charge in [0.25, 0.3) is 0 Å². The molecule has 0 aliphatic carbocycles. The summed E-state index contributed by atoms with van der Waals surface area (Å²) in [5.74, 6) is 0.874. The lowest BCUT2D eigenvalue weighted by molar-refractivity contribution is -0.122. The van der Waals surface area contributed by atoms with E-state index in [0.717, 1.165) is 43.9 Å². The molecule has 2 aromatic carbocycles. The van der Waals surface area contributed by atoms with Crippen molar-refractivity contribution < 1.29 is 4.79 Å². The molecule has 4 heterocycles. The highest BCUT2D eigenvalue weighted by atomic mass is 32.2. The number of anilines is 1. The topological polar surface area (TPSA) is 60.5 Å². The van der Waals surface area contributed by atoms with Crippen molar-refractivity contribution >= 4 is 23.4 Å². The molecule has 6 nitrogen and oxygen atoms in total. The van der Waals surface area contributed by atoms with Gasteiger partial charge in [0.1, 0.15) is 0 Å². The van der Waals surface area contributed by atoms with E-state index in [-0.39, 0.29) is 17.3 Å². The van der Waals surface area contributed by atoms with Crippen LogP contribution in [0.25, 0.3) is 0 Å². The highest BCUT2D eigenvalue weighted by Gasteiger charge is 2.34. The van der Waals surface area contributed by atoms with Gasteiger partial charge in [-0.1, -0.05) is 48.5 Å². The average molecular weight is 486 g/mol. The molecule has 0 spiro atoms. The first-order valence-corrected chi connectivity index (χ1v) is 13.5. The lowest BCUT2D eigenvalue weighted by Crippen LogP contribution is -2.51. The van der Waals surface area contributed by atoms with Gasteiger partial charge in [-0.2, -0.15) is 0 Å². The molecule has 35 heavy (non-hydrogen) atoms. The minimum absolute atomic E-state index is 0.0938. The van der Waals surface area contributed by atoms with E-state index >= 15 is 0 Å². The van der Waals surface area contributed by atoms with Crippen LogP contribution in [0.1, 0.15) is 33.7 Å². The number of pyridine rings is 1. The molecular formula is C28H31N5OS. The number of rotatable bonds is 5. The Morgan fingerprint density at radius 2 is 1.91 bits per heavy atom. The van der Waals surface area contributed by atoms with Crippen LogP contribution in [0.2, 0.25) is 0 Å². The monoisotopic (exact) mass is 485 g/mol.